The molecular weight excluding hydrogens is 316 g/mol. The summed E-state index contributed by atoms with van der Waals surface area (Å²) in [5.41, 5.74) is 1.68. The van der Waals surface area contributed by atoms with Crippen LogP contribution in [0.2, 0.25) is 0 Å². The van der Waals surface area contributed by atoms with Crippen LogP contribution < -0.4 is 10.1 Å². The lowest BCUT2D eigenvalue weighted by Crippen LogP contribution is -2.37. The number of carbonyl (C=O) groups is 1. The van der Waals surface area contributed by atoms with Crippen LogP contribution in [0.25, 0.3) is 0 Å². The van der Waals surface area contributed by atoms with Gasteiger partial charge in [0.25, 0.3) is 0 Å². The number of amides is 2. The number of benzene rings is 1. The molecule has 0 bridgehead atoms. The highest BCUT2D eigenvalue weighted by atomic mass is 16.5. The van der Waals surface area contributed by atoms with E-state index in [-0.39, 0.29) is 12.1 Å². The normalized spacial score (nSPS) is 12.9. The number of nitrogens with zero attached hydrogens (tertiary/aromatic N) is 3. The van der Waals surface area contributed by atoms with Gasteiger partial charge in [0.05, 0.1) is 24.4 Å². The second-order valence-corrected chi connectivity index (χ2v) is 5.92. The van der Waals surface area contributed by atoms with Gasteiger partial charge in [-0.25, -0.2) is 9.78 Å². The van der Waals surface area contributed by atoms with Crippen molar-refractivity contribution in [2.75, 3.05) is 11.9 Å². The van der Waals surface area contributed by atoms with Crippen LogP contribution in [0.1, 0.15) is 24.8 Å². The fourth-order valence-electron chi connectivity index (χ4n) is 2.47. The second kappa shape index (κ2) is 8.15. The number of hydrogen-bond donors (Lipinski definition) is 1. The topological polar surface area (TPSA) is 78.2 Å². The van der Waals surface area contributed by atoms with Crippen molar-refractivity contribution >= 4 is 11.7 Å². The molecule has 2 aromatic rings. The molecule has 0 unspecified atom stereocenters. The van der Waals surface area contributed by atoms with Crippen LogP contribution in [0, 0.1) is 11.3 Å². The molecule has 3 rings (SSSR count). The minimum absolute atomic E-state index is 0.183. The van der Waals surface area contributed by atoms with Crippen LogP contribution in [0.5, 0.6) is 5.88 Å². The minimum atomic E-state index is -0.183. The van der Waals surface area contributed by atoms with Gasteiger partial charge in [-0.05, 0) is 24.5 Å². The summed E-state index contributed by atoms with van der Waals surface area (Å²) >= 11 is 0. The Morgan fingerprint density at radius 1 is 1.28 bits per heavy atom. The number of hydrogen-bond acceptors (Lipinski definition) is 4. The Morgan fingerprint density at radius 2 is 2.08 bits per heavy atom. The summed E-state index contributed by atoms with van der Waals surface area (Å²) in [6, 6.07) is 15.5. The van der Waals surface area contributed by atoms with Gasteiger partial charge in [-0.15, -0.1) is 0 Å². The number of rotatable bonds is 7. The average molecular weight is 336 g/mol. The maximum Gasteiger partial charge on any atom is 0.322 e. The first-order valence-corrected chi connectivity index (χ1v) is 8.33. The van der Waals surface area contributed by atoms with Gasteiger partial charge in [-0.1, -0.05) is 30.3 Å². The molecule has 1 aliphatic carbocycles. The van der Waals surface area contributed by atoms with Crippen LogP contribution >= 0.6 is 0 Å². The third-order valence-electron chi connectivity index (χ3n) is 3.93. The van der Waals surface area contributed by atoms with E-state index in [4.69, 9.17) is 10.00 Å². The van der Waals surface area contributed by atoms with Gasteiger partial charge in [0.2, 0.25) is 5.88 Å². The number of carbonyl (C=O) groups excluding carboxylic acids is 1. The first-order chi connectivity index (χ1) is 12.3. The molecule has 1 heterocycles. The Balaban J connectivity index is 1.53. The quantitative estimate of drug-likeness (QED) is 0.838. The summed E-state index contributed by atoms with van der Waals surface area (Å²) in [5, 5.41) is 11.6. The molecule has 2 amide bonds. The van der Waals surface area contributed by atoms with E-state index in [1.807, 2.05) is 30.3 Å². The maximum atomic E-state index is 12.3. The molecule has 1 aliphatic rings. The smallest absolute Gasteiger partial charge is 0.322 e. The Bertz CT molecular complexity index is 736. The number of ether oxygens (including phenoxy) is 1. The highest BCUT2D eigenvalue weighted by Gasteiger charge is 2.32. The van der Waals surface area contributed by atoms with Crippen molar-refractivity contribution in [3.63, 3.8) is 0 Å². The van der Waals surface area contributed by atoms with Crippen molar-refractivity contribution in [3.05, 3.63) is 54.2 Å². The lowest BCUT2D eigenvalue weighted by molar-refractivity contribution is 0.210. The molecule has 0 aliphatic heterocycles. The molecule has 0 spiro atoms. The summed E-state index contributed by atoms with van der Waals surface area (Å²) < 4.78 is 5.63. The van der Waals surface area contributed by atoms with Crippen LogP contribution in [0.4, 0.5) is 10.5 Å². The van der Waals surface area contributed by atoms with Crippen LogP contribution in [0.3, 0.4) is 0 Å². The molecule has 1 N–H and O–H groups in total. The van der Waals surface area contributed by atoms with E-state index in [9.17, 15) is 4.79 Å². The molecule has 1 aromatic carbocycles. The predicted molar refractivity (Wildman–Crippen MR) is 94.0 cm³/mol. The third kappa shape index (κ3) is 4.95. The first-order valence-electron chi connectivity index (χ1n) is 8.33. The molecule has 0 saturated heterocycles. The standard InChI is InChI=1S/C19H20N4O2/c20-11-4-12-23(17-8-9-17)19(24)22-16-7-10-18(21-13-16)25-14-15-5-2-1-3-6-15/h1-3,5-7,10,13,17H,4,8-9,12,14H2,(H,22,24). The Kier molecular flexibility index (Phi) is 5.47. The van der Waals surface area contributed by atoms with E-state index in [2.05, 4.69) is 16.4 Å². The van der Waals surface area contributed by atoms with E-state index >= 15 is 0 Å². The molecule has 0 atom stereocenters. The van der Waals surface area contributed by atoms with Crippen molar-refractivity contribution < 1.29 is 9.53 Å². The molecular formula is C19H20N4O2. The zero-order valence-corrected chi connectivity index (χ0v) is 13.9. The summed E-state index contributed by atoms with van der Waals surface area (Å²) in [6.07, 6.45) is 3.93. The molecule has 1 fully saturated rings. The van der Waals surface area contributed by atoms with Crippen LogP contribution in [-0.4, -0.2) is 28.5 Å². The maximum absolute atomic E-state index is 12.3. The molecule has 128 valence electrons. The number of anilines is 1. The zero-order valence-electron chi connectivity index (χ0n) is 13.9. The Labute approximate surface area is 147 Å². The zero-order chi connectivity index (χ0) is 17.5. The number of nitrogens with one attached hydrogen (secondary N) is 1. The van der Waals surface area contributed by atoms with Crippen molar-refractivity contribution in [1.82, 2.24) is 9.88 Å². The summed E-state index contributed by atoms with van der Waals surface area (Å²) in [5.74, 6) is 0.505. The summed E-state index contributed by atoms with van der Waals surface area (Å²) in [6.45, 7) is 0.905. The van der Waals surface area contributed by atoms with Gasteiger partial charge in [0, 0.05) is 18.7 Å². The minimum Gasteiger partial charge on any atom is -0.473 e. The number of urea groups is 1. The van der Waals surface area contributed by atoms with E-state index in [0.29, 0.717) is 31.1 Å². The molecule has 25 heavy (non-hydrogen) atoms. The fraction of sp³-hybridized carbons (Fsp3) is 0.316. The predicted octanol–water partition coefficient (Wildman–Crippen LogP) is 3.57. The highest BCUT2D eigenvalue weighted by molar-refractivity contribution is 5.89. The van der Waals surface area contributed by atoms with Gasteiger partial charge < -0.3 is 15.0 Å². The number of pyridine rings is 1. The van der Waals surface area contributed by atoms with Gasteiger partial charge in [0.1, 0.15) is 6.61 Å². The van der Waals surface area contributed by atoms with Gasteiger partial charge in [0.15, 0.2) is 0 Å². The monoisotopic (exact) mass is 336 g/mol. The van der Waals surface area contributed by atoms with E-state index in [1.165, 1.54) is 0 Å². The van der Waals surface area contributed by atoms with E-state index < -0.39 is 0 Å². The summed E-state index contributed by atoms with van der Waals surface area (Å²) in [7, 11) is 0. The third-order valence-corrected chi connectivity index (χ3v) is 3.93. The summed E-state index contributed by atoms with van der Waals surface area (Å²) in [4.78, 5) is 18.3. The van der Waals surface area contributed by atoms with Crippen LogP contribution in [0.15, 0.2) is 48.7 Å². The first kappa shape index (κ1) is 16.8. The van der Waals surface area contributed by atoms with Gasteiger partial charge in [-0.2, -0.15) is 5.26 Å². The molecule has 6 heteroatoms. The van der Waals surface area contributed by atoms with Crippen molar-refractivity contribution in [2.24, 2.45) is 0 Å². The lowest BCUT2D eigenvalue weighted by atomic mass is 10.2. The highest BCUT2D eigenvalue weighted by Crippen LogP contribution is 2.27. The second-order valence-electron chi connectivity index (χ2n) is 5.92. The van der Waals surface area contributed by atoms with Crippen molar-refractivity contribution in [2.45, 2.75) is 31.9 Å². The average Bonchev–Trinajstić information content (AvgIpc) is 3.47. The Morgan fingerprint density at radius 3 is 2.72 bits per heavy atom. The van der Waals surface area contributed by atoms with E-state index in [0.717, 1.165) is 18.4 Å². The molecule has 1 aromatic heterocycles. The fourth-order valence-corrected chi connectivity index (χ4v) is 2.47. The van der Waals surface area contributed by atoms with Gasteiger partial charge in [-0.3, -0.25) is 0 Å². The van der Waals surface area contributed by atoms with Crippen molar-refractivity contribution in [1.29, 1.82) is 5.26 Å². The molecule has 1 saturated carbocycles. The van der Waals surface area contributed by atoms with Crippen LogP contribution in [-0.2, 0) is 6.61 Å². The number of aromatic nitrogens is 1. The lowest BCUT2D eigenvalue weighted by Gasteiger charge is -2.21. The molecule has 0 radical (unpaired) electrons. The SMILES string of the molecule is N#CCCN(C(=O)Nc1ccc(OCc2ccccc2)nc1)C1CC1. The van der Waals surface area contributed by atoms with Crippen molar-refractivity contribution in [3.8, 4) is 11.9 Å². The van der Waals surface area contributed by atoms with E-state index in [1.54, 1.807) is 23.2 Å². The molecule has 6 nitrogen and oxygen atoms in total. The van der Waals surface area contributed by atoms with Gasteiger partial charge >= 0.3 is 6.03 Å². The largest absolute Gasteiger partial charge is 0.473 e. The Hall–Kier alpha value is -3.07. The number of nitriles is 1.